The molecule has 1 N–H and O–H groups in total. The van der Waals surface area contributed by atoms with Gasteiger partial charge in [0.15, 0.2) is 0 Å². The maximum atomic E-state index is 13.5. The molecule has 170 valence electrons. The summed E-state index contributed by atoms with van der Waals surface area (Å²) in [5.74, 6) is 1.13. The molecule has 4 rings (SSSR count). The minimum absolute atomic E-state index is 0.400. The minimum Gasteiger partial charge on any atom is -0.496 e. The topological polar surface area (TPSA) is 82.5 Å². The van der Waals surface area contributed by atoms with Crippen LogP contribution in [0.3, 0.4) is 0 Å². The van der Waals surface area contributed by atoms with Crippen molar-refractivity contribution in [3.63, 3.8) is 0 Å². The van der Waals surface area contributed by atoms with E-state index in [0.29, 0.717) is 22.8 Å². The highest BCUT2D eigenvalue weighted by Crippen LogP contribution is 2.34. The molecule has 0 fully saturated rings. The standard InChI is InChI=1S/C25H25N3O4S/c1-18-16-28(17-26-18)22-14-13-19(15-24(22)32-3)27-33(29,30)25-12-6-4-5-10-21(25)20-9-7-8-11-23(20)31-2/h4-17,25,27H,1-3H3. The van der Waals surface area contributed by atoms with E-state index in [1.165, 1.54) is 0 Å². The first kappa shape index (κ1) is 22.4. The van der Waals surface area contributed by atoms with Crippen molar-refractivity contribution >= 4 is 21.3 Å². The van der Waals surface area contributed by atoms with Gasteiger partial charge in [-0.2, -0.15) is 0 Å². The average molecular weight is 464 g/mol. The first-order valence-corrected chi connectivity index (χ1v) is 11.9. The summed E-state index contributed by atoms with van der Waals surface area (Å²) in [5.41, 5.74) is 3.36. The number of rotatable bonds is 7. The van der Waals surface area contributed by atoms with Crippen LogP contribution < -0.4 is 14.2 Å². The molecule has 1 aromatic heterocycles. The van der Waals surface area contributed by atoms with Gasteiger partial charge in [0.25, 0.3) is 0 Å². The van der Waals surface area contributed by atoms with Crippen LogP contribution in [0.4, 0.5) is 5.69 Å². The molecule has 0 radical (unpaired) electrons. The smallest absolute Gasteiger partial charge is 0.243 e. The van der Waals surface area contributed by atoms with Crippen molar-refractivity contribution in [2.45, 2.75) is 12.2 Å². The summed E-state index contributed by atoms with van der Waals surface area (Å²) in [5, 5.41) is -0.925. The Kier molecular flexibility index (Phi) is 6.37. The van der Waals surface area contributed by atoms with Crippen molar-refractivity contribution in [2.24, 2.45) is 0 Å². The number of ether oxygens (including phenoxy) is 2. The number of hydrogen-bond donors (Lipinski definition) is 1. The van der Waals surface area contributed by atoms with Gasteiger partial charge in [-0.3, -0.25) is 4.72 Å². The van der Waals surface area contributed by atoms with E-state index in [9.17, 15) is 8.42 Å². The van der Waals surface area contributed by atoms with E-state index in [1.807, 2.05) is 48.0 Å². The van der Waals surface area contributed by atoms with Crippen molar-refractivity contribution in [3.8, 4) is 17.2 Å². The van der Waals surface area contributed by atoms with Crippen LogP contribution in [0.15, 0.2) is 85.4 Å². The molecule has 0 spiro atoms. The maximum absolute atomic E-state index is 13.5. The van der Waals surface area contributed by atoms with Crippen LogP contribution >= 0.6 is 0 Å². The van der Waals surface area contributed by atoms with Crippen LogP contribution in [-0.2, 0) is 10.0 Å². The highest BCUT2D eigenvalue weighted by Gasteiger charge is 2.30. The van der Waals surface area contributed by atoms with E-state index in [2.05, 4.69) is 9.71 Å². The Morgan fingerprint density at radius 2 is 1.79 bits per heavy atom. The predicted octanol–water partition coefficient (Wildman–Crippen LogP) is 4.52. The largest absolute Gasteiger partial charge is 0.496 e. The lowest BCUT2D eigenvalue weighted by Crippen LogP contribution is -2.27. The second-order valence-corrected chi connectivity index (χ2v) is 9.27. The third-order valence-electron chi connectivity index (χ3n) is 5.27. The van der Waals surface area contributed by atoms with Gasteiger partial charge in [-0.25, -0.2) is 13.4 Å². The number of sulfonamides is 1. The summed E-state index contributed by atoms with van der Waals surface area (Å²) in [6.07, 6.45) is 12.4. The predicted molar refractivity (Wildman–Crippen MR) is 130 cm³/mol. The van der Waals surface area contributed by atoms with Gasteiger partial charge < -0.3 is 14.0 Å². The van der Waals surface area contributed by atoms with E-state index in [0.717, 1.165) is 16.9 Å². The van der Waals surface area contributed by atoms with Gasteiger partial charge in [0.05, 0.1) is 37.6 Å². The van der Waals surface area contributed by atoms with Crippen LogP contribution in [0.25, 0.3) is 11.3 Å². The molecular weight excluding hydrogens is 438 g/mol. The number of nitrogens with one attached hydrogen (secondary N) is 1. The Balaban J connectivity index is 1.69. The molecule has 0 aliphatic heterocycles. The van der Waals surface area contributed by atoms with Gasteiger partial charge in [-0.15, -0.1) is 0 Å². The fourth-order valence-corrected chi connectivity index (χ4v) is 5.14. The van der Waals surface area contributed by atoms with Gasteiger partial charge >= 0.3 is 0 Å². The second-order valence-electron chi connectivity index (χ2n) is 7.47. The molecule has 0 saturated carbocycles. The van der Waals surface area contributed by atoms with Crippen molar-refractivity contribution in [2.75, 3.05) is 18.9 Å². The summed E-state index contributed by atoms with van der Waals surface area (Å²) < 4.78 is 42.6. The van der Waals surface area contributed by atoms with Gasteiger partial charge in [-0.05, 0) is 30.7 Å². The summed E-state index contributed by atoms with van der Waals surface area (Å²) >= 11 is 0. The molecule has 1 aliphatic rings. The number of nitrogens with zero attached hydrogens (tertiary/aromatic N) is 2. The van der Waals surface area contributed by atoms with E-state index >= 15 is 0 Å². The zero-order valence-electron chi connectivity index (χ0n) is 18.6. The molecule has 1 unspecified atom stereocenters. The molecule has 1 aliphatic carbocycles. The molecule has 0 saturated heterocycles. The molecule has 0 bridgehead atoms. The van der Waals surface area contributed by atoms with Gasteiger partial charge in [0.2, 0.25) is 10.0 Å². The number of allylic oxidation sites excluding steroid dienone is 4. The van der Waals surface area contributed by atoms with Crippen LogP contribution in [0.2, 0.25) is 0 Å². The van der Waals surface area contributed by atoms with Crippen molar-refractivity contribution in [3.05, 3.63) is 96.6 Å². The third kappa shape index (κ3) is 4.70. The molecule has 3 aromatic rings. The molecule has 0 amide bonds. The van der Waals surface area contributed by atoms with Crippen LogP contribution in [0, 0.1) is 6.92 Å². The van der Waals surface area contributed by atoms with Gasteiger partial charge in [0.1, 0.15) is 16.7 Å². The highest BCUT2D eigenvalue weighted by molar-refractivity contribution is 7.94. The lowest BCUT2D eigenvalue weighted by atomic mass is 10.0. The molecular formula is C25H25N3O4S. The first-order chi connectivity index (χ1) is 15.9. The number of anilines is 1. The minimum atomic E-state index is -3.86. The monoisotopic (exact) mass is 463 g/mol. The number of para-hydroxylation sites is 1. The van der Waals surface area contributed by atoms with Crippen LogP contribution in [-0.4, -0.2) is 37.4 Å². The molecule has 7 nitrogen and oxygen atoms in total. The molecule has 33 heavy (non-hydrogen) atoms. The molecule has 8 heteroatoms. The quantitative estimate of drug-likeness (QED) is 0.557. The summed E-state index contributed by atoms with van der Waals surface area (Å²) in [6.45, 7) is 1.90. The number of hydrogen-bond acceptors (Lipinski definition) is 5. The van der Waals surface area contributed by atoms with E-state index in [4.69, 9.17) is 9.47 Å². The van der Waals surface area contributed by atoms with Crippen molar-refractivity contribution < 1.29 is 17.9 Å². The fourth-order valence-electron chi connectivity index (χ4n) is 3.72. The third-order valence-corrected chi connectivity index (χ3v) is 6.87. The zero-order chi connectivity index (χ0) is 23.4. The van der Waals surface area contributed by atoms with Crippen LogP contribution in [0.5, 0.6) is 11.5 Å². The summed E-state index contributed by atoms with van der Waals surface area (Å²) in [4.78, 5) is 4.24. The Morgan fingerprint density at radius 3 is 2.52 bits per heavy atom. The number of aryl methyl sites for hydroxylation is 1. The Hall–Kier alpha value is -3.78. The lowest BCUT2D eigenvalue weighted by Gasteiger charge is -2.21. The number of imidazole rings is 1. The Labute approximate surface area is 193 Å². The van der Waals surface area contributed by atoms with Crippen molar-refractivity contribution in [1.29, 1.82) is 0 Å². The summed E-state index contributed by atoms with van der Waals surface area (Å²) in [7, 11) is -0.742. The first-order valence-electron chi connectivity index (χ1n) is 10.3. The van der Waals surface area contributed by atoms with Crippen molar-refractivity contribution in [1.82, 2.24) is 9.55 Å². The van der Waals surface area contributed by atoms with Gasteiger partial charge in [0, 0.05) is 17.8 Å². The van der Waals surface area contributed by atoms with Gasteiger partial charge in [-0.1, -0.05) is 48.6 Å². The van der Waals surface area contributed by atoms with Crippen LogP contribution in [0.1, 0.15) is 11.3 Å². The van der Waals surface area contributed by atoms with E-state index < -0.39 is 15.3 Å². The van der Waals surface area contributed by atoms with E-state index in [-0.39, 0.29) is 0 Å². The fraction of sp³-hybridized carbons (Fsp3) is 0.160. The normalized spacial score (nSPS) is 15.6. The highest BCUT2D eigenvalue weighted by atomic mass is 32.2. The van der Waals surface area contributed by atoms with E-state index in [1.54, 1.807) is 63.1 Å². The Bertz CT molecular complexity index is 1350. The maximum Gasteiger partial charge on any atom is 0.243 e. The second kappa shape index (κ2) is 9.38. The number of aromatic nitrogens is 2. The number of benzene rings is 2. The SMILES string of the molecule is COc1ccccc1C1=CC=CC=CC1S(=O)(=O)Nc1ccc(-n2cnc(C)c2)c(OC)c1. The Morgan fingerprint density at radius 1 is 1.00 bits per heavy atom. The zero-order valence-corrected chi connectivity index (χ0v) is 19.4. The number of methoxy groups -OCH3 is 2. The molecule has 1 heterocycles. The summed E-state index contributed by atoms with van der Waals surface area (Å²) in [6, 6.07) is 12.5. The average Bonchev–Trinajstić information content (AvgIpc) is 3.09. The molecule has 1 atom stereocenters. The lowest BCUT2D eigenvalue weighted by molar-refractivity contribution is 0.413. The molecule has 2 aromatic carbocycles.